The molecular formula is C9H13ClN4O3S. The minimum absolute atomic E-state index is 0.0260. The van der Waals surface area contributed by atoms with Crippen molar-refractivity contribution in [1.82, 2.24) is 19.6 Å². The summed E-state index contributed by atoms with van der Waals surface area (Å²) in [5.74, 6) is -0.232. The molecular weight excluding hydrogens is 280 g/mol. The van der Waals surface area contributed by atoms with E-state index in [0.29, 0.717) is 0 Å². The molecule has 1 rings (SSSR count). The molecule has 18 heavy (non-hydrogen) atoms. The summed E-state index contributed by atoms with van der Waals surface area (Å²) in [5, 5.41) is 2.39. The Hall–Kier alpha value is -1.25. The average Bonchev–Trinajstić information content (AvgIpc) is 2.35. The van der Waals surface area contributed by atoms with Crippen molar-refractivity contribution < 1.29 is 13.2 Å². The van der Waals surface area contributed by atoms with Gasteiger partial charge in [-0.1, -0.05) is 0 Å². The van der Waals surface area contributed by atoms with Crippen LogP contribution in [0.2, 0.25) is 5.28 Å². The Bertz CT molecular complexity index is 517. The molecule has 0 saturated heterocycles. The van der Waals surface area contributed by atoms with Crippen LogP contribution in [-0.4, -0.2) is 49.2 Å². The number of hydrogen-bond acceptors (Lipinski definition) is 5. The van der Waals surface area contributed by atoms with E-state index in [2.05, 4.69) is 15.3 Å². The first-order valence-electron chi connectivity index (χ1n) is 5.02. The molecule has 0 spiro atoms. The molecule has 0 aromatic carbocycles. The van der Waals surface area contributed by atoms with E-state index in [1.54, 1.807) is 0 Å². The Morgan fingerprint density at radius 1 is 1.44 bits per heavy atom. The van der Waals surface area contributed by atoms with Gasteiger partial charge < -0.3 is 5.32 Å². The summed E-state index contributed by atoms with van der Waals surface area (Å²) in [7, 11) is -0.818. The number of halogens is 1. The van der Waals surface area contributed by atoms with Gasteiger partial charge in [-0.05, 0) is 11.6 Å². The Balaban J connectivity index is 2.80. The zero-order valence-corrected chi connectivity index (χ0v) is 11.5. The largest absolute Gasteiger partial charge is 0.359 e. The lowest BCUT2D eigenvalue weighted by Gasteiger charge is -2.16. The molecule has 100 valence electrons. The second-order valence-electron chi connectivity index (χ2n) is 3.44. The van der Waals surface area contributed by atoms with Gasteiger partial charge in [0.2, 0.25) is 21.2 Å². The van der Waals surface area contributed by atoms with Gasteiger partial charge in [-0.25, -0.2) is 22.7 Å². The van der Waals surface area contributed by atoms with Crippen LogP contribution >= 0.6 is 11.6 Å². The number of amides is 1. The van der Waals surface area contributed by atoms with E-state index < -0.39 is 10.0 Å². The van der Waals surface area contributed by atoms with Crippen molar-refractivity contribution in [3.63, 3.8) is 0 Å². The van der Waals surface area contributed by atoms with Crippen molar-refractivity contribution >= 4 is 27.5 Å². The summed E-state index contributed by atoms with van der Waals surface area (Å²) in [6.45, 7) is 0.0740. The molecule has 1 heterocycles. The number of carbonyl (C=O) groups is 1. The second-order valence-corrected chi connectivity index (χ2v) is 5.82. The minimum Gasteiger partial charge on any atom is -0.359 e. The topological polar surface area (TPSA) is 92.3 Å². The maximum atomic E-state index is 12.0. The number of nitrogens with zero attached hydrogens (tertiary/aromatic N) is 3. The smallest absolute Gasteiger partial charge is 0.245 e. The zero-order valence-electron chi connectivity index (χ0n) is 9.92. The van der Waals surface area contributed by atoms with Crippen LogP contribution in [0.4, 0.5) is 0 Å². The molecule has 1 N–H and O–H groups in total. The highest BCUT2D eigenvalue weighted by atomic mass is 35.5. The third kappa shape index (κ3) is 3.62. The van der Waals surface area contributed by atoms with E-state index in [4.69, 9.17) is 11.6 Å². The molecule has 1 aromatic rings. The highest BCUT2D eigenvalue weighted by Crippen LogP contribution is 2.13. The van der Waals surface area contributed by atoms with Gasteiger partial charge in [0, 0.05) is 27.1 Å². The first-order chi connectivity index (χ1) is 8.37. The quantitative estimate of drug-likeness (QED) is 0.764. The fourth-order valence-electron chi connectivity index (χ4n) is 1.12. The van der Waals surface area contributed by atoms with Crippen molar-refractivity contribution in [2.75, 3.05) is 20.6 Å². The third-order valence-electron chi connectivity index (χ3n) is 2.24. The molecule has 0 bridgehead atoms. The van der Waals surface area contributed by atoms with Crippen molar-refractivity contribution in [3.8, 4) is 0 Å². The van der Waals surface area contributed by atoms with Gasteiger partial charge >= 0.3 is 0 Å². The minimum atomic E-state index is -3.69. The highest BCUT2D eigenvalue weighted by molar-refractivity contribution is 7.89. The van der Waals surface area contributed by atoms with Crippen LogP contribution < -0.4 is 5.32 Å². The lowest BCUT2D eigenvalue weighted by atomic mass is 10.4. The number of rotatable bonds is 5. The van der Waals surface area contributed by atoms with Gasteiger partial charge in [0.25, 0.3) is 0 Å². The Morgan fingerprint density at radius 2 is 2.00 bits per heavy atom. The SMILES string of the molecule is CNC(=O)CCN(C)S(=O)(=O)c1cnc(Cl)nc1. The molecule has 0 aliphatic carbocycles. The predicted octanol–water partition coefficient (Wildman–Crippen LogP) is -0.113. The highest BCUT2D eigenvalue weighted by Gasteiger charge is 2.21. The van der Waals surface area contributed by atoms with Gasteiger partial charge in [-0.15, -0.1) is 0 Å². The lowest BCUT2D eigenvalue weighted by Crippen LogP contribution is -2.31. The average molecular weight is 293 g/mol. The van der Waals surface area contributed by atoms with E-state index in [0.717, 1.165) is 16.7 Å². The molecule has 0 atom stereocenters. The summed E-state index contributed by atoms with van der Waals surface area (Å²) in [5.41, 5.74) is 0. The number of aromatic nitrogens is 2. The van der Waals surface area contributed by atoms with Crippen molar-refractivity contribution in [2.45, 2.75) is 11.3 Å². The van der Waals surface area contributed by atoms with Crippen LogP contribution in [0.1, 0.15) is 6.42 Å². The van der Waals surface area contributed by atoms with Crippen LogP contribution in [0.3, 0.4) is 0 Å². The number of carbonyl (C=O) groups excluding carboxylic acids is 1. The van der Waals surface area contributed by atoms with Crippen LogP contribution in [0.25, 0.3) is 0 Å². The van der Waals surface area contributed by atoms with Crippen LogP contribution in [0.5, 0.6) is 0 Å². The van der Waals surface area contributed by atoms with Crippen LogP contribution in [-0.2, 0) is 14.8 Å². The molecule has 1 amide bonds. The Labute approximate surface area is 110 Å². The number of nitrogens with one attached hydrogen (secondary N) is 1. The first-order valence-corrected chi connectivity index (χ1v) is 6.84. The summed E-state index contributed by atoms with van der Waals surface area (Å²) in [4.78, 5) is 18.2. The van der Waals surface area contributed by atoms with E-state index >= 15 is 0 Å². The van der Waals surface area contributed by atoms with Gasteiger partial charge in [-0.3, -0.25) is 4.79 Å². The number of sulfonamides is 1. The predicted molar refractivity (Wildman–Crippen MR) is 65.5 cm³/mol. The molecule has 9 heteroatoms. The summed E-state index contributed by atoms with van der Waals surface area (Å²) in [6, 6.07) is 0. The zero-order chi connectivity index (χ0) is 13.8. The first kappa shape index (κ1) is 14.8. The summed E-state index contributed by atoms with van der Waals surface area (Å²) >= 11 is 5.48. The van der Waals surface area contributed by atoms with E-state index in [9.17, 15) is 13.2 Å². The Kier molecular flexibility index (Phi) is 5.00. The maximum Gasteiger partial charge on any atom is 0.245 e. The normalized spacial score (nSPS) is 11.6. The standard InChI is InChI=1S/C9H13ClN4O3S/c1-11-8(15)3-4-14(2)18(16,17)7-5-12-9(10)13-6-7/h5-6H,3-4H2,1-2H3,(H,11,15). The second kappa shape index (κ2) is 6.07. The van der Waals surface area contributed by atoms with Gasteiger partial charge in [0.1, 0.15) is 4.90 Å². The molecule has 0 aliphatic heterocycles. The van der Waals surface area contributed by atoms with Gasteiger partial charge in [0.15, 0.2) is 0 Å². The fourth-order valence-corrected chi connectivity index (χ4v) is 2.28. The monoisotopic (exact) mass is 292 g/mol. The molecule has 0 aliphatic rings. The Morgan fingerprint density at radius 3 is 2.50 bits per heavy atom. The summed E-state index contributed by atoms with van der Waals surface area (Å²) < 4.78 is 25.1. The fraction of sp³-hybridized carbons (Fsp3) is 0.444. The molecule has 0 saturated carbocycles. The van der Waals surface area contributed by atoms with Gasteiger partial charge in [0.05, 0.1) is 12.4 Å². The van der Waals surface area contributed by atoms with Crippen LogP contribution in [0, 0.1) is 0 Å². The summed E-state index contributed by atoms with van der Waals surface area (Å²) in [6.07, 6.45) is 2.34. The lowest BCUT2D eigenvalue weighted by molar-refractivity contribution is -0.120. The molecule has 0 fully saturated rings. The van der Waals surface area contributed by atoms with Crippen molar-refractivity contribution in [3.05, 3.63) is 17.7 Å². The molecule has 1 aromatic heterocycles. The van der Waals surface area contributed by atoms with E-state index in [1.807, 2.05) is 0 Å². The third-order valence-corrected chi connectivity index (χ3v) is 4.24. The number of hydrogen-bond donors (Lipinski definition) is 1. The van der Waals surface area contributed by atoms with Gasteiger partial charge in [-0.2, -0.15) is 0 Å². The van der Waals surface area contributed by atoms with Crippen molar-refractivity contribution in [1.29, 1.82) is 0 Å². The molecule has 0 radical (unpaired) electrons. The van der Waals surface area contributed by atoms with Crippen molar-refractivity contribution in [2.24, 2.45) is 0 Å². The van der Waals surface area contributed by atoms with E-state index in [1.165, 1.54) is 14.1 Å². The van der Waals surface area contributed by atoms with E-state index in [-0.39, 0.29) is 29.1 Å². The molecule has 7 nitrogen and oxygen atoms in total. The molecule has 0 unspecified atom stereocenters. The maximum absolute atomic E-state index is 12.0. The van der Waals surface area contributed by atoms with Crippen LogP contribution in [0.15, 0.2) is 17.3 Å².